The maximum Gasteiger partial charge on any atom is 0.417 e. The summed E-state index contributed by atoms with van der Waals surface area (Å²) in [5, 5.41) is 2.06. The van der Waals surface area contributed by atoms with Gasteiger partial charge in [-0.1, -0.05) is 13.0 Å². The molecule has 1 aromatic carbocycles. The monoisotopic (exact) mass is 491 g/mol. The topological polar surface area (TPSA) is 104 Å². The number of aromatic nitrogens is 1. The first kappa shape index (κ1) is 25.3. The first-order valence-corrected chi connectivity index (χ1v) is 9.75. The van der Waals surface area contributed by atoms with E-state index in [2.05, 4.69) is 10.3 Å². The minimum Gasteiger partial charge on any atom is -0.493 e. The number of rotatable bonds is 5. The summed E-state index contributed by atoms with van der Waals surface area (Å²) in [7, 11) is 0.984. The molecule has 0 unspecified atom stereocenters. The number of hydrogen-bond donors (Lipinski definition) is 2. The van der Waals surface area contributed by atoms with Crippen molar-refractivity contribution in [2.45, 2.75) is 37.6 Å². The van der Waals surface area contributed by atoms with Gasteiger partial charge in [-0.2, -0.15) is 17.6 Å². The molecule has 3 rings (SSSR count). The standard InChI is InChI=1S/C21H19F6N3O4/c1-8-14(9-4-5-10(22)15(24)16(9)33-3)17(34-20(8,2)21(25,26)27)19(32)30-12-6-13(18(28)31)29-7-11(12)23/h4-8,14,17H,1-3H3,(H2,28,31)(H,29,30,32)/t8-,14+,17+,20+/m1/s1. The van der Waals surface area contributed by atoms with Crippen molar-refractivity contribution in [1.29, 1.82) is 0 Å². The fourth-order valence-electron chi connectivity index (χ4n) is 3.91. The largest absolute Gasteiger partial charge is 0.493 e. The van der Waals surface area contributed by atoms with E-state index in [1.807, 2.05) is 0 Å². The second-order valence-corrected chi connectivity index (χ2v) is 7.84. The molecule has 3 N–H and O–H groups in total. The molecule has 2 heterocycles. The van der Waals surface area contributed by atoms with E-state index in [-0.39, 0.29) is 5.56 Å². The molecular weight excluding hydrogens is 472 g/mol. The van der Waals surface area contributed by atoms with E-state index >= 15 is 0 Å². The molecule has 34 heavy (non-hydrogen) atoms. The Morgan fingerprint density at radius 1 is 1.21 bits per heavy atom. The third-order valence-electron chi connectivity index (χ3n) is 5.94. The number of nitrogens with two attached hydrogens (primary N) is 1. The van der Waals surface area contributed by atoms with Gasteiger partial charge >= 0.3 is 6.18 Å². The van der Waals surface area contributed by atoms with Crippen molar-refractivity contribution in [2.24, 2.45) is 11.7 Å². The number of halogens is 6. The van der Waals surface area contributed by atoms with E-state index in [1.54, 1.807) is 0 Å². The summed E-state index contributed by atoms with van der Waals surface area (Å²) in [6, 6.07) is 2.46. The summed E-state index contributed by atoms with van der Waals surface area (Å²) in [6.07, 6.45) is -6.32. The van der Waals surface area contributed by atoms with Gasteiger partial charge in [-0.05, 0) is 19.1 Å². The van der Waals surface area contributed by atoms with Crippen LogP contribution in [0.25, 0.3) is 0 Å². The van der Waals surface area contributed by atoms with Gasteiger partial charge in [-0.25, -0.2) is 13.8 Å². The zero-order valence-electron chi connectivity index (χ0n) is 18.0. The van der Waals surface area contributed by atoms with E-state index in [0.717, 1.165) is 26.2 Å². The lowest BCUT2D eigenvalue weighted by atomic mass is 9.77. The molecule has 0 saturated carbocycles. The number of nitrogens with one attached hydrogen (secondary N) is 1. The molecule has 184 valence electrons. The molecule has 0 bridgehead atoms. The maximum absolute atomic E-state index is 14.4. The Bertz CT molecular complexity index is 1140. The van der Waals surface area contributed by atoms with Gasteiger partial charge in [0.15, 0.2) is 23.0 Å². The van der Waals surface area contributed by atoms with Gasteiger partial charge in [0.2, 0.25) is 5.82 Å². The average molecular weight is 491 g/mol. The summed E-state index contributed by atoms with van der Waals surface area (Å²) in [5.74, 6) is -9.85. The number of ether oxygens (including phenoxy) is 2. The van der Waals surface area contributed by atoms with Crippen LogP contribution in [0.2, 0.25) is 0 Å². The molecule has 1 saturated heterocycles. The Kier molecular flexibility index (Phi) is 6.53. The molecule has 2 aromatic rings. The number of pyridine rings is 1. The summed E-state index contributed by atoms with van der Waals surface area (Å²) in [4.78, 5) is 27.8. The van der Waals surface area contributed by atoms with Crippen LogP contribution in [0.5, 0.6) is 5.75 Å². The molecule has 4 atom stereocenters. The highest BCUT2D eigenvalue weighted by Gasteiger charge is 2.66. The highest BCUT2D eigenvalue weighted by atomic mass is 19.4. The minimum atomic E-state index is -4.97. The number of methoxy groups -OCH3 is 1. The van der Waals surface area contributed by atoms with Gasteiger partial charge in [0.25, 0.3) is 11.8 Å². The molecule has 1 aliphatic rings. The average Bonchev–Trinajstić information content (AvgIpc) is 3.03. The molecule has 0 radical (unpaired) electrons. The summed E-state index contributed by atoms with van der Waals surface area (Å²) < 4.78 is 94.1. The van der Waals surface area contributed by atoms with Crippen molar-refractivity contribution in [3.8, 4) is 5.75 Å². The number of nitrogens with zero attached hydrogens (tertiary/aromatic N) is 1. The van der Waals surface area contributed by atoms with Crippen molar-refractivity contribution < 1.29 is 45.4 Å². The number of carbonyl (C=O) groups is 2. The number of carbonyl (C=O) groups excluding carboxylic acids is 2. The van der Waals surface area contributed by atoms with Crippen LogP contribution in [0.3, 0.4) is 0 Å². The Morgan fingerprint density at radius 2 is 1.85 bits per heavy atom. The molecule has 13 heteroatoms. The zero-order chi connectivity index (χ0) is 25.6. The van der Waals surface area contributed by atoms with Crippen molar-refractivity contribution in [3.63, 3.8) is 0 Å². The van der Waals surface area contributed by atoms with Crippen LogP contribution in [0, 0.1) is 23.4 Å². The fraction of sp³-hybridized carbons (Fsp3) is 0.381. The van der Waals surface area contributed by atoms with Gasteiger partial charge in [0.1, 0.15) is 11.8 Å². The smallest absolute Gasteiger partial charge is 0.417 e. The van der Waals surface area contributed by atoms with Gasteiger partial charge in [-0.3, -0.25) is 9.59 Å². The van der Waals surface area contributed by atoms with Crippen molar-refractivity contribution in [3.05, 3.63) is 53.1 Å². The predicted octanol–water partition coefficient (Wildman–Crippen LogP) is 3.68. The zero-order valence-corrected chi connectivity index (χ0v) is 18.0. The van der Waals surface area contributed by atoms with Crippen LogP contribution in [-0.2, 0) is 9.53 Å². The van der Waals surface area contributed by atoms with E-state index in [9.17, 15) is 35.9 Å². The molecule has 1 aromatic heterocycles. The van der Waals surface area contributed by atoms with Crippen LogP contribution >= 0.6 is 0 Å². The first-order valence-electron chi connectivity index (χ1n) is 9.75. The lowest BCUT2D eigenvalue weighted by Crippen LogP contribution is -2.47. The van der Waals surface area contributed by atoms with Crippen molar-refractivity contribution >= 4 is 17.5 Å². The number of amides is 2. The normalized spacial score (nSPS) is 24.7. The molecule has 0 aliphatic carbocycles. The molecular formula is C21H19F6N3O4. The molecule has 1 fully saturated rings. The fourth-order valence-corrected chi connectivity index (χ4v) is 3.91. The van der Waals surface area contributed by atoms with Crippen LogP contribution in [0.1, 0.15) is 35.8 Å². The second kappa shape index (κ2) is 8.78. The highest BCUT2D eigenvalue weighted by Crippen LogP contribution is 2.55. The van der Waals surface area contributed by atoms with Crippen molar-refractivity contribution in [2.75, 3.05) is 12.4 Å². The van der Waals surface area contributed by atoms with Gasteiger partial charge < -0.3 is 20.5 Å². The predicted molar refractivity (Wildman–Crippen MR) is 105 cm³/mol. The lowest BCUT2D eigenvalue weighted by Gasteiger charge is -2.32. The van der Waals surface area contributed by atoms with E-state index in [0.29, 0.717) is 19.2 Å². The Morgan fingerprint density at radius 3 is 2.41 bits per heavy atom. The van der Waals surface area contributed by atoms with Crippen LogP contribution in [0.15, 0.2) is 24.4 Å². The van der Waals surface area contributed by atoms with Crippen LogP contribution in [0.4, 0.5) is 32.0 Å². The molecule has 2 amide bonds. The highest BCUT2D eigenvalue weighted by molar-refractivity contribution is 5.97. The Labute approximate surface area is 189 Å². The molecule has 7 nitrogen and oxygen atoms in total. The van der Waals surface area contributed by atoms with E-state index < -0.39 is 76.1 Å². The second-order valence-electron chi connectivity index (χ2n) is 7.84. The van der Waals surface area contributed by atoms with Crippen LogP contribution in [-0.4, -0.2) is 41.8 Å². The van der Waals surface area contributed by atoms with Crippen LogP contribution < -0.4 is 15.8 Å². The number of alkyl halides is 3. The first-order chi connectivity index (χ1) is 15.7. The van der Waals surface area contributed by atoms with Crippen molar-refractivity contribution in [1.82, 2.24) is 4.98 Å². The van der Waals surface area contributed by atoms with Gasteiger partial charge in [0.05, 0.1) is 19.0 Å². The van der Waals surface area contributed by atoms with E-state index in [1.165, 1.54) is 0 Å². The van der Waals surface area contributed by atoms with Gasteiger partial charge in [0, 0.05) is 17.4 Å². The quantitative estimate of drug-likeness (QED) is 0.622. The summed E-state index contributed by atoms with van der Waals surface area (Å²) >= 11 is 0. The third-order valence-corrected chi connectivity index (χ3v) is 5.94. The number of benzene rings is 1. The number of anilines is 1. The SMILES string of the molecule is COc1c([C@H]2[C@@H](C(=O)Nc3cc(C(N)=O)ncc3F)O[C@](C)(C(F)(F)F)[C@@H]2C)ccc(F)c1F. The van der Waals surface area contributed by atoms with Gasteiger partial charge in [-0.15, -0.1) is 0 Å². The maximum atomic E-state index is 14.4. The Balaban J connectivity index is 2.10. The number of primary amides is 1. The Hall–Kier alpha value is -3.35. The lowest BCUT2D eigenvalue weighted by molar-refractivity contribution is -0.272. The summed E-state index contributed by atoms with van der Waals surface area (Å²) in [5.41, 5.74) is 0.923. The summed E-state index contributed by atoms with van der Waals surface area (Å²) in [6.45, 7) is 1.84. The van der Waals surface area contributed by atoms with E-state index in [4.69, 9.17) is 15.2 Å². The third kappa shape index (κ3) is 4.15. The molecule has 0 spiro atoms. The molecule has 1 aliphatic heterocycles. The number of hydrogen-bond acceptors (Lipinski definition) is 5. The minimum absolute atomic E-state index is 0.255.